The Bertz CT molecular complexity index is 334. The van der Waals surface area contributed by atoms with Crippen LogP contribution < -0.4 is 10.6 Å². The van der Waals surface area contributed by atoms with Crippen LogP contribution in [0.2, 0.25) is 10.0 Å². The molecule has 1 rings (SSSR count). The molecule has 0 aliphatic rings. The lowest BCUT2D eigenvalue weighted by molar-refractivity contribution is 0.194. The van der Waals surface area contributed by atoms with Crippen molar-refractivity contribution in [2.45, 2.75) is 6.42 Å². The van der Waals surface area contributed by atoms with Crippen LogP contribution in [0.4, 0.5) is 5.69 Å². The lowest BCUT2D eigenvalue weighted by Crippen LogP contribution is -2.23. The largest absolute Gasteiger partial charge is 0.385 e. The van der Waals surface area contributed by atoms with Gasteiger partial charge in [-0.05, 0) is 25.1 Å². The van der Waals surface area contributed by atoms with Gasteiger partial charge in [-0.25, -0.2) is 0 Å². The van der Waals surface area contributed by atoms with Crippen molar-refractivity contribution >= 4 is 28.9 Å². The van der Waals surface area contributed by atoms with Crippen LogP contribution in [0.5, 0.6) is 0 Å². The average molecular weight is 277 g/mol. The molecule has 96 valence electrons. The lowest BCUT2D eigenvalue weighted by Gasteiger charge is -2.09. The number of nitrogens with one attached hydrogen (secondary N) is 2. The summed E-state index contributed by atoms with van der Waals surface area (Å²) < 4.78 is 4.96. The molecular formula is C12H18Cl2N2O. The highest BCUT2D eigenvalue weighted by molar-refractivity contribution is 6.43. The Kier molecular flexibility index (Phi) is 7.37. The molecule has 0 aliphatic heterocycles. The summed E-state index contributed by atoms with van der Waals surface area (Å²) in [5.41, 5.74) is 0.873. The van der Waals surface area contributed by atoms with Gasteiger partial charge in [-0.15, -0.1) is 0 Å². The Morgan fingerprint density at radius 2 is 2.00 bits per heavy atom. The topological polar surface area (TPSA) is 33.3 Å². The van der Waals surface area contributed by atoms with Crippen molar-refractivity contribution in [3.05, 3.63) is 28.2 Å². The maximum Gasteiger partial charge on any atom is 0.0823 e. The summed E-state index contributed by atoms with van der Waals surface area (Å²) >= 11 is 12.0. The molecule has 0 amide bonds. The Labute approximate surface area is 112 Å². The van der Waals surface area contributed by atoms with E-state index in [1.807, 2.05) is 12.1 Å². The molecule has 3 nitrogen and oxygen atoms in total. The van der Waals surface area contributed by atoms with Gasteiger partial charge in [0.15, 0.2) is 0 Å². The summed E-state index contributed by atoms with van der Waals surface area (Å²) in [5, 5.41) is 7.69. The minimum atomic E-state index is 0.574. The lowest BCUT2D eigenvalue weighted by atomic mass is 10.3. The molecule has 5 heteroatoms. The van der Waals surface area contributed by atoms with Crippen molar-refractivity contribution in [1.29, 1.82) is 0 Å². The van der Waals surface area contributed by atoms with Crippen LogP contribution in [0.25, 0.3) is 0 Å². The summed E-state index contributed by atoms with van der Waals surface area (Å²) in [5.74, 6) is 0. The average Bonchev–Trinajstić information content (AvgIpc) is 2.33. The third kappa shape index (κ3) is 5.59. The first-order valence-electron chi connectivity index (χ1n) is 5.63. The van der Waals surface area contributed by atoms with Gasteiger partial charge in [-0.3, -0.25) is 0 Å². The van der Waals surface area contributed by atoms with Crippen molar-refractivity contribution in [2.75, 3.05) is 38.7 Å². The van der Waals surface area contributed by atoms with E-state index in [0.29, 0.717) is 10.0 Å². The van der Waals surface area contributed by atoms with E-state index in [0.717, 1.165) is 38.3 Å². The number of hydrogen-bond acceptors (Lipinski definition) is 3. The molecule has 0 atom stereocenters. The zero-order valence-electron chi connectivity index (χ0n) is 9.93. The number of anilines is 1. The first-order chi connectivity index (χ1) is 8.25. The Morgan fingerprint density at radius 3 is 2.76 bits per heavy atom. The van der Waals surface area contributed by atoms with E-state index < -0.39 is 0 Å². The maximum atomic E-state index is 6.04. The molecular weight excluding hydrogens is 259 g/mol. The highest BCUT2D eigenvalue weighted by atomic mass is 35.5. The normalized spacial score (nSPS) is 10.5. The standard InChI is InChI=1S/C12H18Cl2N2O/c1-17-9-3-6-15-7-8-16-11-5-2-4-10(13)12(11)14/h2,4-5,15-16H,3,6-9H2,1H3. The Morgan fingerprint density at radius 1 is 1.18 bits per heavy atom. The van der Waals surface area contributed by atoms with Gasteiger partial charge in [0, 0.05) is 26.8 Å². The molecule has 0 unspecified atom stereocenters. The number of methoxy groups -OCH3 is 1. The molecule has 1 aromatic carbocycles. The van der Waals surface area contributed by atoms with E-state index in [1.165, 1.54) is 0 Å². The zero-order chi connectivity index (χ0) is 12.5. The maximum absolute atomic E-state index is 6.04. The quantitative estimate of drug-likeness (QED) is 0.717. The summed E-state index contributed by atoms with van der Waals surface area (Å²) in [6, 6.07) is 5.57. The van der Waals surface area contributed by atoms with Gasteiger partial charge >= 0.3 is 0 Å². The van der Waals surface area contributed by atoms with E-state index in [1.54, 1.807) is 13.2 Å². The number of benzene rings is 1. The number of ether oxygens (including phenoxy) is 1. The monoisotopic (exact) mass is 276 g/mol. The first-order valence-corrected chi connectivity index (χ1v) is 6.39. The summed E-state index contributed by atoms with van der Waals surface area (Å²) in [6.45, 7) is 3.44. The highest BCUT2D eigenvalue weighted by Gasteiger charge is 2.02. The zero-order valence-corrected chi connectivity index (χ0v) is 11.4. The third-order valence-electron chi connectivity index (χ3n) is 2.27. The van der Waals surface area contributed by atoms with E-state index in [9.17, 15) is 0 Å². The van der Waals surface area contributed by atoms with Crippen molar-refractivity contribution < 1.29 is 4.74 Å². The fourth-order valence-corrected chi connectivity index (χ4v) is 1.76. The summed E-state index contributed by atoms with van der Waals surface area (Å²) in [4.78, 5) is 0. The van der Waals surface area contributed by atoms with Gasteiger partial charge in [0.05, 0.1) is 15.7 Å². The van der Waals surface area contributed by atoms with Crippen LogP contribution in [-0.4, -0.2) is 33.4 Å². The summed E-state index contributed by atoms with van der Waals surface area (Å²) in [6.07, 6.45) is 1.02. The number of hydrogen-bond donors (Lipinski definition) is 2. The molecule has 0 bridgehead atoms. The van der Waals surface area contributed by atoms with Gasteiger partial charge in [-0.2, -0.15) is 0 Å². The molecule has 0 heterocycles. The fraction of sp³-hybridized carbons (Fsp3) is 0.500. The van der Waals surface area contributed by atoms with Crippen LogP contribution in [0.15, 0.2) is 18.2 Å². The first kappa shape index (κ1) is 14.6. The van der Waals surface area contributed by atoms with E-state index in [4.69, 9.17) is 27.9 Å². The molecule has 0 aromatic heterocycles. The van der Waals surface area contributed by atoms with Gasteiger partial charge < -0.3 is 15.4 Å². The molecule has 0 radical (unpaired) electrons. The second-order valence-electron chi connectivity index (χ2n) is 3.62. The number of rotatable bonds is 8. The fourth-order valence-electron chi connectivity index (χ4n) is 1.39. The predicted octanol–water partition coefficient (Wildman–Crippen LogP) is 3.03. The van der Waals surface area contributed by atoms with Crippen LogP contribution in [0, 0.1) is 0 Å². The van der Waals surface area contributed by atoms with Crippen molar-refractivity contribution in [1.82, 2.24) is 5.32 Å². The number of halogens is 2. The molecule has 0 saturated heterocycles. The molecule has 0 aliphatic carbocycles. The molecule has 2 N–H and O–H groups in total. The van der Waals surface area contributed by atoms with Crippen molar-refractivity contribution in [3.8, 4) is 0 Å². The van der Waals surface area contributed by atoms with Gasteiger partial charge in [0.25, 0.3) is 0 Å². The Balaban J connectivity index is 2.16. The Hall–Kier alpha value is -0.480. The second kappa shape index (κ2) is 8.59. The smallest absolute Gasteiger partial charge is 0.0823 e. The summed E-state index contributed by atoms with van der Waals surface area (Å²) in [7, 11) is 1.71. The van der Waals surface area contributed by atoms with Crippen LogP contribution in [0.1, 0.15) is 6.42 Å². The molecule has 0 fully saturated rings. The molecule has 17 heavy (non-hydrogen) atoms. The highest BCUT2D eigenvalue weighted by Crippen LogP contribution is 2.29. The second-order valence-corrected chi connectivity index (χ2v) is 4.41. The predicted molar refractivity (Wildman–Crippen MR) is 74.3 cm³/mol. The van der Waals surface area contributed by atoms with Gasteiger partial charge in [0.2, 0.25) is 0 Å². The van der Waals surface area contributed by atoms with Crippen molar-refractivity contribution in [3.63, 3.8) is 0 Å². The van der Waals surface area contributed by atoms with Crippen LogP contribution in [-0.2, 0) is 4.74 Å². The minimum Gasteiger partial charge on any atom is -0.385 e. The van der Waals surface area contributed by atoms with E-state index >= 15 is 0 Å². The molecule has 1 aromatic rings. The van der Waals surface area contributed by atoms with Gasteiger partial charge in [0.1, 0.15) is 0 Å². The van der Waals surface area contributed by atoms with Crippen molar-refractivity contribution in [2.24, 2.45) is 0 Å². The minimum absolute atomic E-state index is 0.574. The third-order valence-corrected chi connectivity index (χ3v) is 3.09. The van der Waals surface area contributed by atoms with E-state index in [-0.39, 0.29) is 0 Å². The van der Waals surface area contributed by atoms with Crippen LogP contribution in [0.3, 0.4) is 0 Å². The SMILES string of the molecule is COCCCNCCNc1cccc(Cl)c1Cl. The van der Waals surface area contributed by atoms with Crippen LogP contribution >= 0.6 is 23.2 Å². The molecule has 0 saturated carbocycles. The van der Waals surface area contributed by atoms with E-state index in [2.05, 4.69) is 10.6 Å². The van der Waals surface area contributed by atoms with Gasteiger partial charge in [-0.1, -0.05) is 29.3 Å². The molecule has 0 spiro atoms.